The van der Waals surface area contributed by atoms with E-state index in [0.717, 1.165) is 44.8 Å². The molecule has 11 rings (SSSR count). The van der Waals surface area contributed by atoms with Crippen LogP contribution in [0.5, 0.6) is 0 Å². The molecule has 0 unspecified atom stereocenters. The first-order valence-electron chi connectivity index (χ1n) is 19.4. The number of nitriles is 1. The largest absolute Gasteiger partial charge is 0.228 e. The highest BCUT2D eigenvalue weighted by molar-refractivity contribution is 7.99. The Morgan fingerprint density at radius 2 is 0.828 bits per heavy atom. The fourth-order valence-electron chi connectivity index (χ4n) is 8.91. The second-order valence-corrected chi connectivity index (χ2v) is 15.9. The van der Waals surface area contributed by atoms with Crippen LogP contribution in [0.1, 0.15) is 27.8 Å². The first-order valence-corrected chi connectivity index (χ1v) is 20.3. The molecular weight excluding hydrogens is 723 g/mol. The summed E-state index contributed by atoms with van der Waals surface area (Å²) in [6.07, 6.45) is 0. The molecular formula is C54H33N3S. The molecule has 0 amide bonds. The fraction of sp³-hybridized carbons (Fsp3) is 0.0185. The van der Waals surface area contributed by atoms with E-state index in [0.29, 0.717) is 11.4 Å². The molecule has 2 aliphatic rings. The van der Waals surface area contributed by atoms with Crippen LogP contribution in [0.4, 0.5) is 0 Å². The van der Waals surface area contributed by atoms with Crippen LogP contribution in [0, 0.1) is 11.3 Å². The molecule has 58 heavy (non-hydrogen) atoms. The minimum absolute atomic E-state index is 0.490. The van der Waals surface area contributed by atoms with Crippen LogP contribution in [-0.4, -0.2) is 9.97 Å². The molecule has 0 N–H and O–H groups in total. The lowest BCUT2D eigenvalue weighted by atomic mass is 9.67. The normalized spacial score (nSPS) is 12.9. The van der Waals surface area contributed by atoms with E-state index in [2.05, 4.69) is 158 Å². The minimum Gasteiger partial charge on any atom is -0.228 e. The number of rotatable bonds is 5. The lowest BCUT2D eigenvalue weighted by Gasteiger charge is -2.40. The second-order valence-electron chi connectivity index (χ2n) is 14.8. The Morgan fingerprint density at radius 1 is 0.379 bits per heavy atom. The van der Waals surface area contributed by atoms with Crippen molar-refractivity contribution in [3.63, 3.8) is 0 Å². The van der Waals surface area contributed by atoms with Gasteiger partial charge in [-0.05, 0) is 86.0 Å². The maximum atomic E-state index is 9.27. The van der Waals surface area contributed by atoms with Crippen molar-refractivity contribution in [2.75, 3.05) is 0 Å². The summed E-state index contributed by atoms with van der Waals surface area (Å²) in [7, 11) is 0. The summed E-state index contributed by atoms with van der Waals surface area (Å²) in [6, 6.07) is 73.3. The van der Waals surface area contributed by atoms with Gasteiger partial charge in [-0.15, -0.1) is 0 Å². The van der Waals surface area contributed by atoms with Gasteiger partial charge in [0.05, 0.1) is 28.4 Å². The van der Waals surface area contributed by atoms with Crippen molar-refractivity contribution in [3.05, 3.63) is 228 Å². The predicted octanol–water partition coefficient (Wildman–Crippen LogP) is 13.5. The van der Waals surface area contributed by atoms with Gasteiger partial charge in [0.25, 0.3) is 0 Å². The van der Waals surface area contributed by atoms with Crippen LogP contribution in [0.2, 0.25) is 0 Å². The summed E-state index contributed by atoms with van der Waals surface area (Å²) < 4.78 is 0. The van der Waals surface area contributed by atoms with E-state index < -0.39 is 5.41 Å². The SMILES string of the molecule is N#Cc1ccc(-c2ccc(-c3ccc4c(c3)Sc3cc(-c5cc(-c6ccccc6)nc(-c6ccccc6)n5)ccc3C43c4ccccc4-c4ccccc43)cc2)cc1. The zero-order chi connectivity index (χ0) is 38.6. The Morgan fingerprint density at radius 3 is 1.41 bits per heavy atom. The maximum absolute atomic E-state index is 9.27. The smallest absolute Gasteiger partial charge is 0.160 e. The van der Waals surface area contributed by atoms with Gasteiger partial charge < -0.3 is 0 Å². The highest BCUT2D eigenvalue weighted by Crippen LogP contribution is 2.62. The molecule has 1 aliphatic heterocycles. The van der Waals surface area contributed by atoms with Gasteiger partial charge in [-0.3, -0.25) is 0 Å². The van der Waals surface area contributed by atoms with Crippen LogP contribution < -0.4 is 0 Å². The zero-order valence-corrected chi connectivity index (χ0v) is 32.1. The summed E-state index contributed by atoms with van der Waals surface area (Å²) in [4.78, 5) is 12.7. The van der Waals surface area contributed by atoms with E-state index in [1.165, 1.54) is 48.7 Å². The molecule has 1 aliphatic carbocycles. The average molecular weight is 756 g/mol. The molecule has 0 atom stereocenters. The summed E-state index contributed by atoms with van der Waals surface area (Å²) >= 11 is 1.85. The van der Waals surface area contributed by atoms with Gasteiger partial charge in [0, 0.05) is 26.5 Å². The highest BCUT2D eigenvalue weighted by Gasteiger charge is 2.50. The third-order valence-electron chi connectivity index (χ3n) is 11.6. The van der Waals surface area contributed by atoms with Crippen LogP contribution in [0.3, 0.4) is 0 Å². The standard InChI is InChI=1S/C54H33N3S/c55-34-35-19-21-36(22-20-35)37-23-25-38(26-24-37)41-27-29-47-51(31-41)58-52-32-42(28-30-48(52)54(47)45-17-9-7-15-43(45)44-16-8-10-18-46(44)54)50-33-49(39-11-3-1-4-12-39)56-53(57-50)40-13-5-2-6-14-40/h1-33H. The molecule has 4 heteroatoms. The molecule has 8 aromatic carbocycles. The van der Waals surface area contributed by atoms with E-state index in [4.69, 9.17) is 9.97 Å². The molecule has 0 saturated heterocycles. The Labute approximate surface area is 342 Å². The van der Waals surface area contributed by atoms with Gasteiger partial charge in [0.15, 0.2) is 5.82 Å². The Bertz CT molecular complexity index is 2970. The molecule has 0 bridgehead atoms. The van der Waals surface area contributed by atoms with Crippen molar-refractivity contribution in [1.29, 1.82) is 5.26 Å². The highest BCUT2D eigenvalue weighted by atomic mass is 32.2. The zero-order valence-electron chi connectivity index (χ0n) is 31.3. The van der Waals surface area contributed by atoms with Gasteiger partial charge in [-0.1, -0.05) is 182 Å². The monoisotopic (exact) mass is 755 g/mol. The first kappa shape index (κ1) is 34.0. The molecule has 1 aromatic heterocycles. The Kier molecular flexibility index (Phi) is 8.03. The number of nitrogens with zero attached hydrogens (tertiary/aromatic N) is 3. The number of benzene rings is 8. The maximum Gasteiger partial charge on any atom is 0.160 e. The van der Waals surface area contributed by atoms with Crippen molar-refractivity contribution in [1.82, 2.24) is 9.97 Å². The van der Waals surface area contributed by atoms with Crippen molar-refractivity contribution in [3.8, 4) is 73.4 Å². The molecule has 9 aromatic rings. The van der Waals surface area contributed by atoms with Gasteiger partial charge in [-0.2, -0.15) is 5.26 Å². The molecule has 0 saturated carbocycles. The van der Waals surface area contributed by atoms with E-state index >= 15 is 0 Å². The summed E-state index contributed by atoms with van der Waals surface area (Å²) in [5, 5.41) is 9.27. The van der Waals surface area contributed by atoms with Gasteiger partial charge >= 0.3 is 0 Å². The van der Waals surface area contributed by atoms with Gasteiger partial charge in [0.1, 0.15) is 0 Å². The Balaban J connectivity index is 1.08. The van der Waals surface area contributed by atoms with Gasteiger partial charge in [0.2, 0.25) is 0 Å². The van der Waals surface area contributed by atoms with E-state index in [1.54, 1.807) is 0 Å². The third-order valence-corrected chi connectivity index (χ3v) is 12.7. The van der Waals surface area contributed by atoms with Crippen LogP contribution in [-0.2, 0) is 5.41 Å². The number of fused-ring (bicyclic) bond motifs is 9. The van der Waals surface area contributed by atoms with Crippen molar-refractivity contribution in [2.24, 2.45) is 0 Å². The van der Waals surface area contributed by atoms with Crippen LogP contribution >= 0.6 is 11.8 Å². The van der Waals surface area contributed by atoms with Gasteiger partial charge in [-0.25, -0.2) is 9.97 Å². The third kappa shape index (κ3) is 5.44. The number of hydrogen-bond donors (Lipinski definition) is 0. The number of hydrogen-bond acceptors (Lipinski definition) is 4. The second kappa shape index (κ2) is 13.7. The van der Waals surface area contributed by atoms with Crippen LogP contribution in [0.25, 0.3) is 67.3 Å². The Hall–Kier alpha value is -7.32. The molecule has 0 fully saturated rings. The average Bonchev–Trinajstić information content (AvgIpc) is 3.59. The van der Waals surface area contributed by atoms with Crippen molar-refractivity contribution < 1.29 is 0 Å². The fourth-order valence-corrected chi connectivity index (χ4v) is 10.2. The molecule has 2 heterocycles. The molecule has 1 spiro atoms. The molecule has 3 nitrogen and oxygen atoms in total. The van der Waals surface area contributed by atoms with Crippen molar-refractivity contribution >= 4 is 11.8 Å². The van der Waals surface area contributed by atoms with Crippen molar-refractivity contribution in [2.45, 2.75) is 15.2 Å². The van der Waals surface area contributed by atoms with Crippen LogP contribution in [0.15, 0.2) is 210 Å². The number of aromatic nitrogens is 2. The summed E-state index contributed by atoms with van der Waals surface area (Å²) in [6.45, 7) is 0. The molecule has 270 valence electrons. The predicted molar refractivity (Wildman–Crippen MR) is 235 cm³/mol. The quantitative estimate of drug-likeness (QED) is 0.175. The topological polar surface area (TPSA) is 49.6 Å². The lowest BCUT2D eigenvalue weighted by Crippen LogP contribution is -2.32. The van der Waals surface area contributed by atoms with E-state index in [1.807, 2.05) is 60.3 Å². The first-order chi connectivity index (χ1) is 28.7. The van der Waals surface area contributed by atoms with E-state index in [9.17, 15) is 5.26 Å². The van der Waals surface area contributed by atoms with E-state index in [-0.39, 0.29) is 0 Å². The molecule has 0 radical (unpaired) electrons. The lowest BCUT2D eigenvalue weighted by molar-refractivity contribution is 0.723. The summed E-state index contributed by atoms with van der Waals surface area (Å²) in [5.74, 6) is 0.706. The summed E-state index contributed by atoms with van der Waals surface area (Å²) in [5.41, 5.74) is 17.4. The minimum atomic E-state index is -0.490.